The van der Waals surface area contributed by atoms with Crippen molar-refractivity contribution < 1.29 is 9.47 Å². The lowest BCUT2D eigenvalue weighted by Crippen LogP contribution is -2.31. The average molecular weight is 329 g/mol. The highest BCUT2D eigenvalue weighted by Crippen LogP contribution is 2.28. The van der Waals surface area contributed by atoms with Gasteiger partial charge < -0.3 is 20.1 Å². The van der Waals surface area contributed by atoms with Crippen molar-refractivity contribution in [2.45, 2.75) is 25.5 Å². The summed E-state index contributed by atoms with van der Waals surface area (Å²) in [5.74, 6) is 2.45. The lowest BCUT2D eigenvalue weighted by Gasteiger charge is -2.18. The molecule has 0 radical (unpaired) electrons. The van der Waals surface area contributed by atoms with Gasteiger partial charge in [0.25, 0.3) is 0 Å². The highest BCUT2D eigenvalue weighted by Gasteiger charge is 2.10. The molecule has 0 fully saturated rings. The van der Waals surface area contributed by atoms with Gasteiger partial charge in [-0.25, -0.2) is 0 Å². The number of thioether (sulfide) groups is 1. The van der Waals surface area contributed by atoms with Gasteiger partial charge >= 0.3 is 0 Å². The van der Waals surface area contributed by atoms with Crippen molar-refractivity contribution in [1.82, 2.24) is 5.32 Å². The maximum absolute atomic E-state index is 5.33. The molecule has 0 bridgehead atoms. The SMILES string of the molecule is COc1ccc(NC(=S)NCCSC(C)(C)C)c(OC)c1. The summed E-state index contributed by atoms with van der Waals surface area (Å²) in [7, 11) is 3.25. The van der Waals surface area contributed by atoms with E-state index in [4.69, 9.17) is 21.7 Å². The Labute approximate surface area is 137 Å². The molecular formula is C15H24N2O2S2. The second-order valence-corrected chi connectivity index (χ2v) is 7.74. The van der Waals surface area contributed by atoms with E-state index in [9.17, 15) is 0 Å². The van der Waals surface area contributed by atoms with E-state index in [1.165, 1.54) is 0 Å². The molecule has 0 amide bonds. The van der Waals surface area contributed by atoms with Crippen molar-refractivity contribution in [3.8, 4) is 11.5 Å². The summed E-state index contributed by atoms with van der Waals surface area (Å²) in [5.41, 5.74) is 0.819. The number of hydrogen-bond acceptors (Lipinski definition) is 4. The highest BCUT2D eigenvalue weighted by atomic mass is 32.2. The van der Waals surface area contributed by atoms with E-state index < -0.39 is 0 Å². The van der Waals surface area contributed by atoms with Crippen LogP contribution in [0.25, 0.3) is 0 Å². The number of nitrogens with one attached hydrogen (secondary N) is 2. The predicted octanol–water partition coefficient (Wildman–Crippen LogP) is 3.52. The molecule has 0 aliphatic heterocycles. The summed E-state index contributed by atoms with van der Waals surface area (Å²) in [6, 6.07) is 5.57. The van der Waals surface area contributed by atoms with E-state index in [0.29, 0.717) is 10.9 Å². The molecule has 0 saturated carbocycles. The summed E-state index contributed by atoms with van der Waals surface area (Å²) >= 11 is 7.20. The first-order valence-electron chi connectivity index (χ1n) is 6.76. The summed E-state index contributed by atoms with van der Waals surface area (Å²) in [6.07, 6.45) is 0. The lowest BCUT2D eigenvalue weighted by molar-refractivity contribution is 0.395. The van der Waals surface area contributed by atoms with Gasteiger partial charge in [-0.15, -0.1) is 0 Å². The van der Waals surface area contributed by atoms with Crippen molar-refractivity contribution in [1.29, 1.82) is 0 Å². The van der Waals surface area contributed by atoms with Crippen LogP contribution in [0.4, 0.5) is 5.69 Å². The second kappa shape index (κ2) is 8.34. The Morgan fingerprint density at radius 1 is 1.24 bits per heavy atom. The van der Waals surface area contributed by atoms with Crippen LogP contribution in [-0.2, 0) is 0 Å². The zero-order valence-corrected chi connectivity index (χ0v) is 14.9. The van der Waals surface area contributed by atoms with E-state index >= 15 is 0 Å². The second-order valence-electron chi connectivity index (χ2n) is 5.41. The molecule has 4 nitrogen and oxygen atoms in total. The van der Waals surface area contributed by atoms with Gasteiger partial charge in [0, 0.05) is 23.1 Å². The van der Waals surface area contributed by atoms with Gasteiger partial charge in [-0.1, -0.05) is 20.8 Å². The fourth-order valence-electron chi connectivity index (χ4n) is 1.59. The van der Waals surface area contributed by atoms with Crippen molar-refractivity contribution in [3.63, 3.8) is 0 Å². The van der Waals surface area contributed by atoms with Gasteiger partial charge in [0.2, 0.25) is 0 Å². The van der Waals surface area contributed by atoms with Crippen LogP contribution in [-0.4, -0.2) is 36.4 Å². The Morgan fingerprint density at radius 3 is 2.52 bits per heavy atom. The molecule has 118 valence electrons. The number of ether oxygens (including phenoxy) is 2. The van der Waals surface area contributed by atoms with E-state index in [1.54, 1.807) is 14.2 Å². The van der Waals surface area contributed by atoms with E-state index in [2.05, 4.69) is 31.4 Å². The molecule has 1 aromatic carbocycles. The molecule has 0 aliphatic rings. The topological polar surface area (TPSA) is 42.5 Å². The average Bonchev–Trinajstić information content (AvgIpc) is 2.43. The van der Waals surface area contributed by atoms with Crippen molar-refractivity contribution >= 4 is 34.8 Å². The summed E-state index contributed by atoms with van der Waals surface area (Å²) in [6.45, 7) is 7.44. The third-order valence-electron chi connectivity index (χ3n) is 2.58. The van der Waals surface area contributed by atoms with Crippen LogP contribution in [0.1, 0.15) is 20.8 Å². The fourth-order valence-corrected chi connectivity index (χ4v) is 2.62. The van der Waals surface area contributed by atoms with Gasteiger partial charge in [-0.2, -0.15) is 11.8 Å². The maximum atomic E-state index is 5.33. The van der Waals surface area contributed by atoms with Crippen LogP contribution in [0.2, 0.25) is 0 Å². The maximum Gasteiger partial charge on any atom is 0.170 e. The van der Waals surface area contributed by atoms with Gasteiger partial charge in [-0.05, 0) is 24.4 Å². The third-order valence-corrected chi connectivity index (χ3v) is 4.10. The largest absolute Gasteiger partial charge is 0.497 e. The molecule has 0 atom stereocenters. The Morgan fingerprint density at radius 2 is 1.95 bits per heavy atom. The Bertz CT molecular complexity index is 473. The number of hydrogen-bond donors (Lipinski definition) is 2. The molecule has 6 heteroatoms. The van der Waals surface area contributed by atoms with Crippen LogP contribution < -0.4 is 20.1 Å². The molecule has 0 aromatic heterocycles. The van der Waals surface area contributed by atoms with Crippen LogP contribution >= 0.6 is 24.0 Å². The van der Waals surface area contributed by atoms with Crippen LogP contribution in [0.5, 0.6) is 11.5 Å². The minimum atomic E-state index is 0.274. The monoisotopic (exact) mass is 328 g/mol. The number of benzene rings is 1. The molecule has 1 aromatic rings. The molecule has 0 unspecified atom stereocenters. The Balaban J connectivity index is 2.47. The minimum Gasteiger partial charge on any atom is -0.497 e. The zero-order valence-electron chi connectivity index (χ0n) is 13.3. The molecule has 0 saturated heterocycles. The first-order chi connectivity index (χ1) is 9.85. The zero-order chi connectivity index (χ0) is 15.9. The van der Waals surface area contributed by atoms with Crippen molar-refractivity contribution in [2.24, 2.45) is 0 Å². The number of thiocarbonyl (C=S) groups is 1. The van der Waals surface area contributed by atoms with Gasteiger partial charge in [-0.3, -0.25) is 0 Å². The van der Waals surface area contributed by atoms with Gasteiger partial charge in [0.05, 0.1) is 19.9 Å². The van der Waals surface area contributed by atoms with Crippen molar-refractivity contribution in [2.75, 3.05) is 31.8 Å². The summed E-state index contributed by atoms with van der Waals surface area (Å²) in [5, 5.41) is 6.93. The quantitative estimate of drug-likeness (QED) is 0.615. The molecule has 1 rings (SSSR count). The molecular weight excluding hydrogens is 304 g/mol. The standard InChI is InChI=1S/C15H24N2O2S2/c1-15(2,3)21-9-8-16-14(20)17-12-7-6-11(18-4)10-13(12)19-5/h6-7,10H,8-9H2,1-5H3,(H2,16,17,20). The summed E-state index contributed by atoms with van der Waals surface area (Å²) in [4.78, 5) is 0. The van der Waals surface area contributed by atoms with E-state index in [1.807, 2.05) is 30.0 Å². The smallest absolute Gasteiger partial charge is 0.170 e. The first kappa shape index (κ1) is 17.9. The number of rotatable bonds is 6. The number of anilines is 1. The normalized spacial score (nSPS) is 10.9. The van der Waals surface area contributed by atoms with Crippen LogP contribution in [0, 0.1) is 0 Å². The predicted molar refractivity (Wildman–Crippen MR) is 96.0 cm³/mol. The molecule has 2 N–H and O–H groups in total. The number of methoxy groups -OCH3 is 2. The van der Waals surface area contributed by atoms with E-state index in [0.717, 1.165) is 23.7 Å². The van der Waals surface area contributed by atoms with Gasteiger partial charge in [0.1, 0.15) is 11.5 Å². The Hall–Kier alpha value is -1.14. The van der Waals surface area contributed by atoms with Gasteiger partial charge in [0.15, 0.2) is 5.11 Å². The lowest BCUT2D eigenvalue weighted by atomic mass is 10.2. The molecule has 21 heavy (non-hydrogen) atoms. The third kappa shape index (κ3) is 6.91. The minimum absolute atomic E-state index is 0.274. The molecule has 0 aliphatic carbocycles. The van der Waals surface area contributed by atoms with Crippen molar-refractivity contribution in [3.05, 3.63) is 18.2 Å². The summed E-state index contributed by atoms with van der Waals surface area (Å²) < 4.78 is 10.8. The molecule has 0 heterocycles. The fraction of sp³-hybridized carbons (Fsp3) is 0.533. The molecule has 0 spiro atoms. The Kier molecular flexibility index (Phi) is 7.11. The highest BCUT2D eigenvalue weighted by molar-refractivity contribution is 8.00. The van der Waals surface area contributed by atoms with Crippen LogP contribution in [0.15, 0.2) is 18.2 Å². The van der Waals surface area contributed by atoms with Crippen LogP contribution in [0.3, 0.4) is 0 Å². The first-order valence-corrected chi connectivity index (χ1v) is 8.16. The van der Waals surface area contributed by atoms with E-state index in [-0.39, 0.29) is 4.75 Å².